The van der Waals surface area contributed by atoms with Crippen molar-refractivity contribution in [1.29, 1.82) is 0 Å². The molecule has 2 nitrogen and oxygen atoms in total. The smallest absolute Gasteiger partial charge is 0.200 e. The number of hydrogen-bond donors (Lipinski definition) is 1. The molecule has 1 aliphatic rings. The van der Waals surface area contributed by atoms with Crippen LogP contribution in [0.25, 0.3) is 0 Å². The molecule has 0 spiro atoms. The van der Waals surface area contributed by atoms with Crippen LogP contribution in [0.5, 0.6) is 5.75 Å². The third kappa shape index (κ3) is 3.65. The molecule has 0 bridgehead atoms. The molecular formula is C13H16BrF2NO. The first kappa shape index (κ1) is 13.7. The minimum atomic E-state index is -0.931. The molecule has 1 N–H and O–H groups in total. The molecule has 5 heteroatoms. The average molecular weight is 320 g/mol. The van der Waals surface area contributed by atoms with Crippen LogP contribution in [0.3, 0.4) is 0 Å². The van der Waals surface area contributed by atoms with Gasteiger partial charge in [-0.2, -0.15) is 4.39 Å². The van der Waals surface area contributed by atoms with Gasteiger partial charge in [0, 0.05) is 17.1 Å². The molecule has 0 saturated heterocycles. The fourth-order valence-corrected chi connectivity index (χ4v) is 2.60. The van der Waals surface area contributed by atoms with E-state index >= 15 is 0 Å². The second kappa shape index (κ2) is 6.48. The third-order valence-electron chi connectivity index (χ3n) is 3.11. The number of rotatable bonds is 5. The van der Waals surface area contributed by atoms with Crippen LogP contribution in [-0.2, 0) is 0 Å². The van der Waals surface area contributed by atoms with Crippen LogP contribution >= 0.6 is 15.9 Å². The van der Waals surface area contributed by atoms with Crippen LogP contribution in [0.1, 0.15) is 25.7 Å². The summed E-state index contributed by atoms with van der Waals surface area (Å²) in [5, 5.41) is 3.35. The normalized spacial score (nSPS) is 16.2. The van der Waals surface area contributed by atoms with Crippen molar-refractivity contribution >= 4 is 15.9 Å². The number of halogens is 3. The summed E-state index contributed by atoms with van der Waals surface area (Å²) in [6.07, 6.45) is 4.92. The standard InChI is InChI=1S/C13H16BrF2NO/c14-9-7-11(15)13(16)12(8-9)18-6-5-17-10-3-1-2-4-10/h7-8,10,17H,1-6H2. The summed E-state index contributed by atoms with van der Waals surface area (Å²) in [5.74, 6) is -1.88. The molecule has 0 aromatic heterocycles. The number of nitrogens with one attached hydrogen (secondary N) is 1. The molecule has 18 heavy (non-hydrogen) atoms. The maximum Gasteiger partial charge on any atom is 0.200 e. The first-order valence-electron chi connectivity index (χ1n) is 6.17. The maximum atomic E-state index is 13.4. The molecule has 1 aromatic carbocycles. The Labute approximate surface area is 114 Å². The monoisotopic (exact) mass is 319 g/mol. The van der Waals surface area contributed by atoms with E-state index < -0.39 is 11.6 Å². The summed E-state index contributed by atoms with van der Waals surface area (Å²) in [6.45, 7) is 0.988. The lowest BCUT2D eigenvalue weighted by Gasteiger charge is -2.13. The molecule has 2 rings (SSSR count). The predicted molar refractivity (Wildman–Crippen MR) is 69.8 cm³/mol. The Morgan fingerprint density at radius 1 is 1.28 bits per heavy atom. The maximum absolute atomic E-state index is 13.4. The molecule has 100 valence electrons. The van der Waals surface area contributed by atoms with E-state index in [9.17, 15) is 8.78 Å². The van der Waals surface area contributed by atoms with Gasteiger partial charge in [-0.05, 0) is 25.0 Å². The molecule has 0 radical (unpaired) electrons. The fraction of sp³-hybridized carbons (Fsp3) is 0.538. The van der Waals surface area contributed by atoms with Crippen molar-refractivity contribution in [2.45, 2.75) is 31.7 Å². The Morgan fingerprint density at radius 2 is 2.00 bits per heavy atom. The molecule has 0 amide bonds. The second-order valence-electron chi connectivity index (χ2n) is 4.48. The average Bonchev–Trinajstić information content (AvgIpc) is 2.83. The highest BCUT2D eigenvalue weighted by molar-refractivity contribution is 9.10. The van der Waals surface area contributed by atoms with Crippen molar-refractivity contribution in [1.82, 2.24) is 5.32 Å². The number of benzene rings is 1. The lowest BCUT2D eigenvalue weighted by molar-refractivity contribution is 0.286. The molecular weight excluding hydrogens is 304 g/mol. The van der Waals surface area contributed by atoms with E-state index in [1.165, 1.54) is 31.7 Å². The largest absolute Gasteiger partial charge is 0.489 e. The lowest BCUT2D eigenvalue weighted by atomic mass is 10.2. The molecule has 1 aliphatic carbocycles. The van der Waals surface area contributed by atoms with Gasteiger partial charge < -0.3 is 10.1 Å². The Morgan fingerprint density at radius 3 is 2.72 bits per heavy atom. The topological polar surface area (TPSA) is 21.3 Å². The van der Waals surface area contributed by atoms with Crippen molar-refractivity contribution in [3.05, 3.63) is 28.2 Å². The summed E-state index contributed by atoms with van der Waals surface area (Å²) in [7, 11) is 0. The van der Waals surface area contributed by atoms with E-state index in [-0.39, 0.29) is 5.75 Å². The summed E-state index contributed by atoms with van der Waals surface area (Å²) in [4.78, 5) is 0. The highest BCUT2D eigenvalue weighted by Crippen LogP contribution is 2.25. The fourth-order valence-electron chi connectivity index (χ4n) is 2.19. The summed E-state index contributed by atoms with van der Waals surface area (Å²) >= 11 is 3.11. The molecule has 1 fully saturated rings. The van der Waals surface area contributed by atoms with Crippen molar-refractivity contribution in [2.24, 2.45) is 0 Å². The highest BCUT2D eigenvalue weighted by atomic mass is 79.9. The Kier molecular flexibility index (Phi) is 4.95. The Balaban J connectivity index is 1.79. The number of hydrogen-bond acceptors (Lipinski definition) is 2. The zero-order valence-corrected chi connectivity index (χ0v) is 11.6. The molecule has 0 atom stereocenters. The van der Waals surface area contributed by atoms with E-state index in [1.54, 1.807) is 0 Å². The highest BCUT2D eigenvalue weighted by Gasteiger charge is 2.14. The zero-order valence-electron chi connectivity index (χ0n) is 10.0. The van der Waals surface area contributed by atoms with Crippen LogP contribution in [0.4, 0.5) is 8.78 Å². The van der Waals surface area contributed by atoms with E-state index in [1.807, 2.05) is 0 Å². The lowest BCUT2D eigenvalue weighted by Crippen LogP contribution is -2.30. The zero-order chi connectivity index (χ0) is 13.0. The van der Waals surface area contributed by atoms with Gasteiger partial charge in [0.2, 0.25) is 5.82 Å². The Hall–Kier alpha value is -0.680. The minimum Gasteiger partial charge on any atom is -0.489 e. The van der Waals surface area contributed by atoms with Crippen LogP contribution in [-0.4, -0.2) is 19.2 Å². The van der Waals surface area contributed by atoms with E-state index in [2.05, 4.69) is 21.2 Å². The van der Waals surface area contributed by atoms with E-state index in [0.29, 0.717) is 23.7 Å². The van der Waals surface area contributed by atoms with Crippen LogP contribution in [0.15, 0.2) is 16.6 Å². The van der Waals surface area contributed by atoms with Crippen molar-refractivity contribution in [3.8, 4) is 5.75 Å². The van der Waals surface area contributed by atoms with E-state index in [4.69, 9.17) is 4.74 Å². The molecule has 0 unspecified atom stereocenters. The molecule has 0 heterocycles. The molecule has 1 saturated carbocycles. The van der Waals surface area contributed by atoms with Gasteiger partial charge in [0.1, 0.15) is 6.61 Å². The van der Waals surface area contributed by atoms with Gasteiger partial charge in [-0.1, -0.05) is 28.8 Å². The van der Waals surface area contributed by atoms with Crippen molar-refractivity contribution in [2.75, 3.05) is 13.2 Å². The Bertz CT molecular complexity index is 408. The summed E-state index contributed by atoms with van der Waals surface area (Å²) in [5.41, 5.74) is 0. The molecule has 0 aliphatic heterocycles. The number of ether oxygens (including phenoxy) is 1. The second-order valence-corrected chi connectivity index (χ2v) is 5.40. The van der Waals surface area contributed by atoms with Gasteiger partial charge >= 0.3 is 0 Å². The van der Waals surface area contributed by atoms with Gasteiger partial charge in [0.25, 0.3) is 0 Å². The van der Waals surface area contributed by atoms with Crippen LogP contribution < -0.4 is 10.1 Å². The van der Waals surface area contributed by atoms with Gasteiger partial charge in [-0.15, -0.1) is 0 Å². The van der Waals surface area contributed by atoms with E-state index in [0.717, 1.165) is 6.07 Å². The van der Waals surface area contributed by atoms with Gasteiger partial charge in [0.15, 0.2) is 11.6 Å². The van der Waals surface area contributed by atoms with Crippen molar-refractivity contribution in [3.63, 3.8) is 0 Å². The van der Waals surface area contributed by atoms with Crippen molar-refractivity contribution < 1.29 is 13.5 Å². The molecule has 1 aromatic rings. The van der Waals surface area contributed by atoms with Gasteiger partial charge in [-0.3, -0.25) is 0 Å². The third-order valence-corrected chi connectivity index (χ3v) is 3.57. The first-order valence-corrected chi connectivity index (χ1v) is 6.97. The summed E-state index contributed by atoms with van der Waals surface area (Å²) in [6, 6.07) is 3.07. The van der Waals surface area contributed by atoms with Crippen LogP contribution in [0.2, 0.25) is 0 Å². The van der Waals surface area contributed by atoms with Gasteiger partial charge in [0.05, 0.1) is 0 Å². The van der Waals surface area contributed by atoms with Crippen LogP contribution in [0, 0.1) is 11.6 Å². The predicted octanol–water partition coefficient (Wildman–Crippen LogP) is 3.64. The SMILES string of the molecule is Fc1cc(Br)cc(OCCNC2CCCC2)c1F. The quantitative estimate of drug-likeness (QED) is 0.661. The van der Waals surface area contributed by atoms with Gasteiger partial charge in [-0.25, -0.2) is 4.39 Å². The summed E-state index contributed by atoms with van der Waals surface area (Å²) < 4.78 is 32.2. The minimum absolute atomic E-state index is 0.0462. The first-order chi connectivity index (χ1) is 8.66.